The summed E-state index contributed by atoms with van der Waals surface area (Å²) in [5.74, 6) is -0.109. The first kappa shape index (κ1) is 23.9. The number of nitrogens with zero attached hydrogens (tertiary/aromatic N) is 3. The summed E-state index contributed by atoms with van der Waals surface area (Å²) >= 11 is 1.16. The third kappa shape index (κ3) is 4.21. The number of benzene rings is 2. The van der Waals surface area contributed by atoms with Gasteiger partial charge in [-0.05, 0) is 49.2 Å². The zero-order chi connectivity index (χ0) is 25.2. The molecule has 0 radical (unpaired) electrons. The molecule has 0 N–H and O–H groups in total. The van der Waals surface area contributed by atoms with Crippen molar-refractivity contribution < 1.29 is 23.1 Å². The van der Waals surface area contributed by atoms with Crippen LogP contribution in [-0.2, 0) is 0 Å². The van der Waals surface area contributed by atoms with Crippen molar-refractivity contribution in [3.05, 3.63) is 74.8 Å². The Morgan fingerprint density at radius 3 is 2.69 bits per heavy atom. The molecule has 10 heteroatoms. The normalized spacial score (nSPS) is 14.9. The number of halogens is 1. The number of carbonyl (C=O) groups is 1. The van der Waals surface area contributed by atoms with E-state index < -0.39 is 23.2 Å². The number of rotatable bonds is 9. The van der Waals surface area contributed by atoms with Crippen molar-refractivity contribution in [3.63, 3.8) is 0 Å². The van der Waals surface area contributed by atoms with Crippen LogP contribution in [0.3, 0.4) is 0 Å². The van der Waals surface area contributed by atoms with Gasteiger partial charge in [-0.3, -0.25) is 14.5 Å². The van der Waals surface area contributed by atoms with Crippen LogP contribution in [0, 0.1) is 5.82 Å². The fourth-order valence-corrected chi connectivity index (χ4v) is 4.93. The molecule has 0 fully saturated rings. The molecule has 0 saturated heterocycles. The first-order chi connectivity index (χ1) is 17.5. The minimum atomic E-state index is -0.863. The van der Waals surface area contributed by atoms with Gasteiger partial charge in [0.25, 0.3) is 5.91 Å². The maximum atomic E-state index is 14.0. The predicted octanol–water partition coefficient (Wildman–Crippen LogP) is 5.50. The van der Waals surface area contributed by atoms with E-state index in [9.17, 15) is 14.0 Å². The van der Waals surface area contributed by atoms with Gasteiger partial charge in [-0.25, -0.2) is 4.39 Å². The quantitative estimate of drug-likeness (QED) is 0.275. The van der Waals surface area contributed by atoms with Crippen molar-refractivity contribution in [2.45, 2.75) is 39.2 Å². The highest BCUT2D eigenvalue weighted by Gasteiger charge is 2.45. The molecule has 0 aliphatic carbocycles. The SMILES string of the molecule is CCCCCOc1ccc(C2c3c(oc4ccc(F)cc4c3=O)C(=O)N2c2nncs2)cc1OCC. The maximum Gasteiger partial charge on any atom is 0.297 e. The molecule has 8 nitrogen and oxygen atoms in total. The lowest BCUT2D eigenvalue weighted by Gasteiger charge is -2.23. The second-order valence-corrected chi connectivity index (χ2v) is 9.12. The van der Waals surface area contributed by atoms with Gasteiger partial charge in [0.2, 0.25) is 10.9 Å². The van der Waals surface area contributed by atoms with Crippen molar-refractivity contribution in [1.29, 1.82) is 0 Å². The lowest BCUT2D eigenvalue weighted by molar-refractivity contribution is 0.0970. The van der Waals surface area contributed by atoms with Crippen molar-refractivity contribution in [2.24, 2.45) is 0 Å². The molecule has 5 rings (SSSR count). The summed E-state index contributed by atoms with van der Waals surface area (Å²) in [7, 11) is 0. The van der Waals surface area contributed by atoms with E-state index in [1.807, 2.05) is 6.92 Å². The van der Waals surface area contributed by atoms with Crippen molar-refractivity contribution in [1.82, 2.24) is 10.2 Å². The van der Waals surface area contributed by atoms with E-state index >= 15 is 0 Å². The Balaban J connectivity index is 1.66. The molecule has 0 bridgehead atoms. The van der Waals surface area contributed by atoms with Gasteiger partial charge in [0.05, 0.1) is 30.2 Å². The van der Waals surface area contributed by atoms with E-state index in [-0.39, 0.29) is 22.3 Å². The van der Waals surface area contributed by atoms with Crippen molar-refractivity contribution in [2.75, 3.05) is 18.1 Å². The van der Waals surface area contributed by atoms with Crippen LogP contribution in [0.1, 0.15) is 60.8 Å². The Kier molecular flexibility index (Phi) is 6.69. The van der Waals surface area contributed by atoms with E-state index in [1.165, 1.54) is 22.5 Å². The van der Waals surface area contributed by atoms with Gasteiger partial charge in [-0.15, -0.1) is 10.2 Å². The van der Waals surface area contributed by atoms with Crippen LogP contribution >= 0.6 is 11.3 Å². The largest absolute Gasteiger partial charge is 0.490 e. The monoisotopic (exact) mass is 509 g/mol. The Morgan fingerprint density at radius 1 is 1.08 bits per heavy atom. The molecule has 4 aromatic rings. The number of amides is 1. The summed E-state index contributed by atoms with van der Waals surface area (Å²) in [6, 6.07) is 8.11. The molecule has 2 aromatic carbocycles. The molecule has 36 heavy (non-hydrogen) atoms. The molecule has 2 aromatic heterocycles. The summed E-state index contributed by atoms with van der Waals surface area (Å²) < 4.78 is 31.6. The first-order valence-electron chi connectivity index (χ1n) is 11.8. The van der Waals surface area contributed by atoms with Gasteiger partial charge in [0.1, 0.15) is 16.9 Å². The lowest BCUT2D eigenvalue weighted by atomic mass is 9.98. The second kappa shape index (κ2) is 10.1. The van der Waals surface area contributed by atoms with Crippen LogP contribution in [0.5, 0.6) is 11.5 Å². The number of hydrogen-bond donors (Lipinski definition) is 0. The van der Waals surface area contributed by atoms with E-state index in [4.69, 9.17) is 13.9 Å². The average Bonchev–Trinajstić information content (AvgIpc) is 3.50. The molecule has 0 saturated carbocycles. The van der Waals surface area contributed by atoms with Crippen LogP contribution < -0.4 is 19.8 Å². The van der Waals surface area contributed by atoms with Crippen LogP contribution in [-0.4, -0.2) is 29.3 Å². The zero-order valence-corrected chi connectivity index (χ0v) is 20.6. The van der Waals surface area contributed by atoms with Gasteiger partial charge >= 0.3 is 0 Å². The van der Waals surface area contributed by atoms with Gasteiger partial charge in [0, 0.05) is 0 Å². The Labute approximate surface area is 210 Å². The topological polar surface area (TPSA) is 94.8 Å². The van der Waals surface area contributed by atoms with Gasteiger partial charge in [0.15, 0.2) is 16.9 Å². The van der Waals surface area contributed by atoms with Crippen molar-refractivity contribution >= 4 is 33.3 Å². The standard InChI is InChI=1S/C26H24FN3O5S/c1-3-5-6-11-34-19-9-7-15(12-20(19)33-4-2)22-21-23(31)17-13-16(27)8-10-18(17)35-24(21)25(32)30(22)26-29-28-14-36-26/h7-10,12-14,22H,3-6,11H2,1-2H3. The number of carbonyl (C=O) groups excluding carboxylic acids is 1. The molecule has 1 aliphatic rings. The molecular formula is C26H24FN3O5S. The Hall–Kier alpha value is -3.79. The van der Waals surface area contributed by atoms with Crippen molar-refractivity contribution in [3.8, 4) is 11.5 Å². The summed E-state index contributed by atoms with van der Waals surface area (Å²) in [4.78, 5) is 28.5. The first-order valence-corrected chi connectivity index (χ1v) is 12.7. The van der Waals surface area contributed by atoms with E-state index in [2.05, 4.69) is 17.1 Å². The molecule has 1 amide bonds. The van der Waals surface area contributed by atoms with E-state index in [0.29, 0.717) is 35.4 Å². The maximum absolute atomic E-state index is 14.0. The van der Waals surface area contributed by atoms with Gasteiger partial charge < -0.3 is 13.9 Å². The van der Waals surface area contributed by atoms with E-state index in [0.717, 1.165) is 36.7 Å². The molecule has 1 unspecified atom stereocenters. The summed E-state index contributed by atoms with van der Waals surface area (Å²) in [5, 5.41) is 8.30. The number of ether oxygens (including phenoxy) is 2. The Bertz CT molecular complexity index is 1470. The molecule has 1 aliphatic heterocycles. The number of anilines is 1. The van der Waals surface area contributed by atoms with Crippen LogP contribution in [0.2, 0.25) is 0 Å². The highest BCUT2D eigenvalue weighted by atomic mass is 32.1. The fourth-order valence-electron chi connectivity index (χ4n) is 4.35. The Morgan fingerprint density at radius 2 is 1.94 bits per heavy atom. The highest BCUT2D eigenvalue weighted by Crippen LogP contribution is 2.43. The third-order valence-corrected chi connectivity index (χ3v) is 6.66. The zero-order valence-electron chi connectivity index (χ0n) is 19.8. The van der Waals surface area contributed by atoms with Gasteiger partial charge in [-0.1, -0.05) is 37.2 Å². The predicted molar refractivity (Wildman–Crippen MR) is 134 cm³/mol. The van der Waals surface area contributed by atoms with Crippen LogP contribution in [0.4, 0.5) is 9.52 Å². The number of aromatic nitrogens is 2. The van der Waals surface area contributed by atoms with Crippen LogP contribution in [0.15, 0.2) is 51.1 Å². The minimum Gasteiger partial charge on any atom is -0.490 e. The second-order valence-electron chi connectivity index (χ2n) is 8.31. The minimum absolute atomic E-state index is 0.0616. The average molecular weight is 510 g/mol. The molecule has 186 valence electrons. The highest BCUT2D eigenvalue weighted by molar-refractivity contribution is 7.13. The fraction of sp³-hybridized carbons (Fsp3) is 0.308. The van der Waals surface area contributed by atoms with Crippen LogP contribution in [0.25, 0.3) is 11.0 Å². The summed E-state index contributed by atoms with van der Waals surface area (Å²) in [6.07, 6.45) is 3.06. The summed E-state index contributed by atoms with van der Waals surface area (Å²) in [5.41, 5.74) is 1.88. The number of hydrogen-bond acceptors (Lipinski definition) is 8. The molecule has 1 atom stereocenters. The van der Waals surface area contributed by atoms with Gasteiger partial charge in [-0.2, -0.15) is 0 Å². The number of fused-ring (bicyclic) bond motifs is 2. The summed E-state index contributed by atoms with van der Waals surface area (Å²) in [6.45, 7) is 4.95. The van der Waals surface area contributed by atoms with E-state index in [1.54, 1.807) is 18.2 Å². The molecule has 0 spiro atoms. The lowest BCUT2D eigenvalue weighted by Crippen LogP contribution is -2.29. The third-order valence-electron chi connectivity index (χ3n) is 5.98. The number of unbranched alkanes of at least 4 members (excludes halogenated alkanes) is 2. The molecular weight excluding hydrogens is 485 g/mol. The molecule has 3 heterocycles. The smallest absolute Gasteiger partial charge is 0.297 e.